The molecule has 0 saturated carbocycles. The van der Waals surface area contributed by atoms with Crippen LogP contribution in [0.1, 0.15) is 18.9 Å². The number of hydrogen-bond acceptors (Lipinski definition) is 4. The maximum atomic E-state index is 11.8. The normalized spacial score (nSPS) is 18.9. The summed E-state index contributed by atoms with van der Waals surface area (Å²) in [6, 6.07) is 4.68. The molecule has 1 saturated heterocycles. The Labute approximate surface area is 127 Å². The Kier molecular flexibility index (Phi) is 4.25. The number of nitrogens with one attached hydrogen (secondary N) is 1. The molecule has 1 aromatic carbocycles. The number of thiocarbonyl (C=S) groups is 1. The average molecular weight is 312 g/mol. The molecule has 0 aliphatic carbocycles. The summed E-state index contributed by atoms with van der Waals surface area (Å²) in [4.78, 5) is 25.3. The number of anilines is 1. The van der Waals surface area contributed by atoms with Crippen molar-refractivity contribution >= 4 is 46.3 Å². The third-order valence-corrected chi connectivity index (χ3v) is 3.72. The molecule has 106 valence electrons. The molecule has 2 amide bonds. The fraction of sp³-hybridized carbons (Fsp3) is 0.308. The maximum Gasteiger partial charge on any atom is 0.249 e. The third kappa shape index (κ3) is 2.76. The van der Waals surface area contributed by atoms with E-state index in [-0.39, 0.29) is 23.3 Å². The Bertz CT molecular complexity index is 591. The molecule has 1 unspecified atom stereocenters. The number of carbonyl (C=O) groups excluding carboxylic acids is 2. The highest BCUT2D eigenvalue weighted by molar-refractivity contribution is 7.80. The van der Waals surface area contributed by atoms with Crippen LogP contribution in [0.5, 0.6) is 0 Å². The van der Waals surface area contributed by atoms with Crippen LogP contribution in [-0.2, 0) is 9.59 Å². The van der Waals surface area contributed by atoms with E-state index in [0.717, 1.165) is 0 Å². The molecule has 20 heavy (non-hydrogen) atoms. The molecule has 3 N–H and O–H groups in total. The van der Waals surface area contributed by atoms with Gasteiger partial charge in [0.2, 0.25) is 11.8 Å². The van der Waals surface area contributed by atoms with Crippen LogP contribution >= 0.6 is 23.8 Å². The summed E-state index contributed by atoms with van der Waals surface area (Å²) in [6.07, 6.45) is 0.576. The van der Waals surface area contributed by atoms with Crippen molar-refractivity contribution in [3.63, 3.8) is 0 Å². The van der Waals surface area contributed by atoms with Gasteiger partial charge in [-0.25, -0.2) is 0 Å². The molecule has 1 aliphatic heterocycles. The van der Waals surface area contributed by atoms with Gasteiger partial charge in [-0.15, -0.1) is 0 Å². The molecule has 5 nitrogen and oxygen atoms in total. The summed E-state index contributed by atoms with van der Waals surface area (Å²) in [5.74, 6) is -0.646. The van der Waals surface area contributed by atoms with E-state index >= 15 is 0 Å². The number of carbonyl (C=O) groups is 2. The maximum absolute atomic E-state index is 11.8. The zero-order valence-electron chi connectivity index (χ0n) is 10.9. The van der Waals surface area contributed by atoms with Gasteiger partial charge in [0.05, 0.1) is 17.3 Å². The van der Waals surface area contributed by atoms with Crippen molar-refractivity contribution in [2.45, 2.75) is 19.4 Å². The zero-order chi connectivity index (χ0) is 14.9. The number of amides is 2. The fourth-order valence-corrected chi connectivity index (χ4v) is 2.63. The third-order valence-electron chi connectivity index (χ3n) is 3.18. The molecule has 1 heterocycles. The predicted octanol–water partition coefficient (Wildman–Crippen LogP) is 1.22. The second kappa shape index (κ2) is 5.76. The Balaban J connectivity index is 2.40. The molecule has 0 radical (unpaired) electrons. The molecule has 0 spiro atoms. The second-order valence-corrected chi connectivity index (χ2v) is 5.34. The Morgan fingerprint density at radius 3 is 2.80 bits per heavy atom. The number of halogens is 1. The summed E-state index contributed by atoms with van der Waals surface area (Å²) in [5, 5.41) is 2.74. The molecule has 1 fully saturated rings. The number of benzene rings is 1. The minimum Gasteiger partial charge on any atom is -0.389 e. The van der Waals surface area contributed by atoms with Gasteiger partial charge in [0.15, 0.2) is 0 Å². The van der Waals surface area contributed by atoms with Crippen molar-refractivity contribution in [2.75, 3.05) is 11.4 Å². The first kappa shape index (κ1) is 14.7. The van der Waals surface area contributed by atoms with E-state index in [1.807, 2.05) is 6.92 Å². The van der Waals surface area contributed by atoms with Gasteiger partial charge in [0, 0.05) is 5.56 Å². The minimum atomic E-state index is -0.416. The molecule has 1 aliphatic rings. The van der Waals surface area contributed by atoms with Crippen LogP contribution in [-0.4, -0.2) is 29.4 Å². The highest BCUT2D eigenvalue weighted by Gasteiger charge is 2.33. The van der Waals surface area contributed by atoms with E-state index in [0.29, 0.717) is 22.7 Å². The van der Waals surface area contributed by atoms with Gasteiger partial charge in [-0.05, 0) is 24.6 Å². The highest BCUT2D eigenvalue weighted by atomic mass is 35.5. The van der Waals surface area contributed by atoms with Crippen molar-refractivity contribution in [2.24, 2.45) is 5.73 Å². The van der Waals surface area contributed by atoms with Crippen molar-refractivity contribution in [1.82, 2.24) is 5.32 Å². The molecule has 0 bridgehead atoms. The Hall–Kier alpha value is -1.66. The van der Waals surface area contributed by atoms with E-state index in [4.69, 9.17) is 29.6 Å². The largest absolute Gasteiger partial charge is 0.389 e. The molecule has 2 rings (SSSR count). The number of imide groups is 1. The number of nitrogens with two attached hydrogens (primary N) is 1. The zero-order valence-corrected chi connectivity index (χ0v) is 12.4. The summed E-state index contributed by atoms with van der Waals surface area (Å²) < 4.78 is 0. The molecule has 1 aromatic rings. The topological polar surface area (TPSA) is 75.4 Å². The first-order valence-corrected chi connectivity index (χ1v) is 6.92. The summed E-state index contributed by atoms with van der Waals surface area (Å²) in [7, 11) is 0. The number of hydrogen-bond donors (Lipinski definition) is 2. The van der Waals surface area contributed by atoms with Crippen molar-refractivity contribution in [3.05, 3.63) is 28.8 Å². The van der Waals surface area contributed by atoms with Gasteiger partial charge in [0.25, 0.3) is 0 Å². The van der Waals surface area contributed by atoms with Gasteiger partial charge >= 0.3 is 0 Å². The van der Waals surface area contributed by atoms with E-state index < -0.39 is 6.04 Å². The van der Waals surface area contributed by atoms with Gasteiger partial charge in [-0.1, -0.05) is 30.7 Å². The molecular formula is C13H14ClN3O2S. The van der Waals surface area contributed by atoms with Crippen molar-refractivity contribution in [3.8, 4) is 0 Å². The Morgan fingerprint density at radius 1 is 1.55 bits per heavy atom. The predicted molar refractivity (Wildman–Crippen MR) is 81.9 cm³/mol. The molecule has 1 atom stereocenters. The second-order valence-electron chi connectivity index (χ2n) is 4.49. The number of rotatable bonds is 3. The standard InChI is InChI=1S/C13H14ClN3O2S/c1-2-9-13(19)16-11(18)6-17(9)10-4-3-7(12(15)20)5-8(10)14/h3-5,9H,2,6H2,1H3,(H2,15,20)(H,16,18,19). The van der Waals surface area contributed by atoms with E-state index in [2.05, 4.69) is 5.32 Å². The lowest BCUT2D eigenvalue weighted by Gasteiger charge is -2.35. The fourth-order valence-electron chi connectivity index (χ4n) is 2.22. The first-order valence-electron chi connectivity index (χ1n) is 6.13. The number of nitrogens with zero attached hydrogens (tertiary/aromatic N) is 1. The Morgan fingerprint density at radius 2 is 2.25 bits per heavy atom. The summed E-state index contributed by atoms with van der Waals surface area (Å²) >= 11 is 11.1. The van der Waals surface area contributed by atoms with Crippen LogP contribution in [0.25, 0.3) is 0 Å². The van der Waals surface area contributed by atoms with E-state index in [1.165, 1.54) is 0 Å². The molecule has 0 aromatic heterocycles. The van der Waals surface area contributed by atoms with Crippen molar-refractivity contribution in [1.29, 1.82) is 0 Å². The smallest absolute Gasteiger partial charge is 0.249 e. The molecule has 7 heteroatoms. The van der Waals surface area contributed by atoms with Crippen LogP contribution in [0.3, 0.4) is 0 Å². The SMILES string of the molecule is CCC1C(=O)NC(=O)CN1c1ccc(C(N)=S)cc1Cl. The van der Waals surface area contributed by atoms with Crippen LogP contribution in [0, 0.1) is 0 Å². The quantitative estimate of drug-likeness (QED) is 0.648. The lowest BCUT2D eigenvalue weighted by Crippen LogP contribution is -2.58. The van der Waals surface area contributed by atoms with Crippen LogP contribution in [0.15, 0.2) is 18.2 Å². The van der Waals surface area contributed by atoms with Gasteiger partial charge in [-0.2, -0.15) is 0 Å². The van der Waals surface area contributed by atoms with E-state index in [9.17, 15) is 9.59 Å². The summed E-state index contributed by atoms with van der Waals surface area (Å²) in [5.41, 5.74) is 6.82. The monoisotopic (exact) mass is 311 g/mol. The first-order chi connectivity index (χ1) is 9.43. The molecular weight excluding hydrogens is 298 g/mol. The van der Waals surface area contributed by atoms with E-state index in [1.54, 1.807) is 23.1 Å². The number of piperazine rings is 1. The lowest BCUT2D eigenvalue weighted by atomic mass is 10.1. The van der Waals surface area contributed by atoms with Crippen molar-refractivity contribution < 1.29 is 9.59 Å². The lowest BCUT2D eigenvalue weighted by molar-refractivity contribution is -0.132. The minimum absolute atomic E-state index is 0.0936. The van der Waals surface area contributed by atoms with Gasteiger partial charge in [-0.3, -0.25) is 14.9 Å². The van der Waals surface area contributed by atoms with Crippen LogP contribution < -0.4 is 16.0 Å². The van der Waals surface area contributed by atoms with Crippen LogP contribution in [0.4, 0.5) is 5.69 Å². The van der Waals surface area contributed by atoms with Crippen LogP contribution in [0.2, 0.25) is 5.02 Å². The average Bonchev–Trinajstić information content (AvgIpc) is 2.37. The van der Waals surface area contributed by atoms with Gasteiger partial charge in [0.1, 0.15) is 11.0 Å². The highest BCUT2D eigenvalue weighted by Crippen LogP contribution is 2.30. The summed E-state index contributed by atoms with van der Waals surface area (Å²) in [6.45, 7) is 1.97. The van der Waals surface area contributed by atoms with Gasteiger partial charge < -0.3 is 10.6 Å².